The molecule has 1 N–H and O–H groups in total. The minimum atomic E-state index is 0.0699. The van der Waals surface area contributed by atoms with E-state index in [1.807, 2.05) is 0 Å². The largest absolute Gasteiger partial charge is 0.338 e. The molecule has 2 aromatic rings. The molecule has 7 heteroatoms. The zero-order valence-corrected chi connectivity index (χ0v) is 14.0. The van der Waals surface area contributed by atoms with Crippen LogP contribution < -0.4 is 5.32 Å². The van der Waals surface area contributed by atoms with Crippen molar-refractivity contribution in [1.29, 1.82) is 0 Å². The van der Waals surface area contributed by atoms with Crippen molar-refractivity contribution in [2.24, 2.45) is 0 Å². The van der Waals surface area contributed by atoms with Gasteiger partial charge in [0.2, 0.25) is 5.89 Å². The van der Waals surface area contributed by atoms with Gasteiger partial charge in [-0.15, -0.1) is 10.2 Å². The quantitative estimate of drug-likeness (QED) is 0.911. The van der Waals surface area contributed by atoms with E-state index in [0.717, 1.165) is 36.9 Å². The lowest BCUT2D eigenvalue weighted by atomic mass is 10.1. The van der Waals surface area contributed by atoms with E-state index in [9.17, 15) is 0 Å². The topological polar surface area (TPSA) is 81.7 Å². The lowest BCUT2D eigenvalue weighted by Gasteiger charge is -2.27. The van der Waals surface area contributed by atoms with E-state index in [-0.39, 0.29) is 6.04 Å². The normalized spacial score (nSPS) is 22.3. The predicted octanol–water partition coefficient (Wildman–Crippen LogP) is 2.33. The van der Waals surface area contributed by atoms with Crippen LogP contribution in [0, 0.1) is 0 Å². The van der Waals surface area contributed by atoms with E-state index in [2.05, 4.69) is 51.0 Å². The van der Waals surface area contributed by atoms with Gasteiger partial charge < -0.3 is 14.4 Å². The van der Waals surface area contributed by atoms with Crippen LogP contribution >= 0.6 is 0 Å². The number of aryl methyl sites for hydroxylation is 1. The van der Waals surface area contributed by atoms with Crippen molar-refractivity contribution in [3.05, 3.63) is 23.4 Å². The lowest BCUT2D eigenvalue weighted by Crippen LogP contribution is -2.39. The molecule has 1 saturated carbocycles. The maximum atomic E-state index is 5.43. The summed E-state index contributed by atoms with van der Waals surface area (Å²) >= 11 is 0. The Morgan fingerprint density at radius 1 is 1.17 bits per heavy atom. The van der Waals surface area contributed by atoms with Gasteiger partial charge in [-0.1, -0.05) is 19.0 Å². The fourth-order valence-corrected chi connectivity index (χ4v) is 3.27. The van der Waals surface area contributed by atoms with Gasteiger partial charge in [-0.25, -0.2) is 0 Å². The molecule has 2 aliphatic rings. The number of fused-ring (bicyclic) bond motifs is 1. The van der Waals surface area contributed by atoms with Crippen LogP contribution in [0.4, 0.5) is 0 Å². The highest BCUT2D eigenvalue weighted by atomic mass is 16.5. The van der Waals surface area contributed by atoms with E-state index < -0.39 is 0 Å². The second-order valence-corrected chi connectivity index (χ2v) is 7.13. The Hall–Kier alpha value is -1.76. The Balaban J connectivity index is 1.43. The van der Waals surface area contributed by atoms with Crippen LogP contribution in [0.3, 0.4) is 0 Å². The number of nitrogens with one attached hydrogen (secondary N) is 1. The van der Waals surface area contributed by atoms with Crippen molar-refractivity contribution in [2.45, 2.75) is 76.9 Å². The van der Waals surface area contributed by atoms with E-state index in [1.54, 1.807) is 0 Å². The van der Waals surface area contributed by atoms with Gasteiger partial charge in [0, 0.05) is 30.8 Å². The molecule has 0 bridgehead atoms. The third-order valence-electron chi connectivity index (χ3n) is 4.75. The van der Waals surface area contributed by atoms with Gasteiger partial charge in [0.15, 0.2) is 5.82 Å². The van der Waals surface area contributed by atoms with Crippen molar-refractivity contribution in [1.82, 2.24) is 30.2 Å². The second kappa shape index (κ2) is 5.70. The third-order valence-corrected chi connectivity index (χ3v) is 4.75. The molecule has 1 aliphatic carbocycles. The van der Waals surface area contributed by atoms with Crippen molar-refractivity contribution >= 4 is 0 Å². The molecule has 23 heavy (non-hydrogen) atoms. The summed E-state index contributed by atoms with van der Waals surface area (Å²) in [6, 6.07) is 0.447. The summed E-state index contributed by atoms with van der Waals surface area (Å²) in [6.07, 6.45) is 4.40. The second-order valence-electron chi connectivity index (χ2n) is 7.13. The maximum Gasteiger partial charge on any atom is 0.243 e. The molecule has 0 saturated heterocycles. The molecule has 0 spiro atoms. The first-order valence-electron chi connectivity index (χ1n) is 8.63. The number of hydrogen-bond acceptors (Lipinski definition) is 6. The van der Waals surface area contributed by atoms with E-state index in [1.165, 1.54) is 12.8 Å². The molecule has 0 amide bonds. The lowest BCUT2D eigenvalue weighted by molar-refractivity contribution is 0.291. The highest BCUT2D eigenvalue weighted by molar-refractivity contribution is 5.06. The first-order valence-corrected chi connectivity index (χ1v) is 8.63. The summed E-state index contributed by atoms with van der Waals surface area (Å²) in [6.45, 7) is 7.32. The van der Waals surface area contributed by atoms with Gasteiger partial charge in [-0.3, -0.25) is 0 Å². The molecule has 2 atom stereocenters. The van der Waals surface area contributed by atoms with Gasteiger partial charge >= 0.3 is 0 Å². The molecular formula is C16H24N6O. The van der Waals surface area contributed by atoms with Crippen LogP contribution in [0.15, 0.2) is 4.52 Å². The molecule has 2 aromatic heterocycles. The molecule has 0 unspecified atom stereocenters. The first kappa shape index (κ1) is 14.8. The van der Waals surface area contributed by atoms with Crippen molar-refractivity contribution < 1.29 is 4.52 Å². The SMILES string of the molecule is CC(C)c1nnc2n1C[C@@H](N[C@H](C)c1nc(C3CC3)no1)CC2. The smallest absolute Gasteiger partial charge is 0.243 e. The van der Waals surface area contributed by atoms with Gasteiger partial charge in [0.1, 0.15) is 11.6 Å². The highest BCUT2D eigenvalue weighted by Gasteiger charge is 2.30. The summed E-state index contributed by atoms with van der Waals surface area (Å²) < 4.78 is 7.70. The zero-order chi connectivity index (χ0) is 16.0. The Morgan fingerprint density at radius 2 is 2.00 bits per heavy atom. The minimum Gasteiger partial charge on any atom is -0.338 e. The molecule has 1 aliphatic heterocycles. The Kier molecular flexibility index (Phi) is 3.67. The summed E-state index contributed by atoms with van der Waals surface area (Å²) in [5.41, 5.74) is 0. The van der Waals surface area contributed by atoms with Crippen LogP contribution in [-0.2, 0) is 13.0 Å². The summed E-state index contributed by atoms with van der Waals surface area (Å²) in [5, 5.41) is 16.4. The number of hydrogen-bond donors (Lipinski definition) is 1. The van der Waals surface area contributed by atoms with Crippen LogP contribution in [0.25, 0.3) is 0 Å². The molecule has 0 aromatic carbocycles. The summed E-state index contributed by atoms with van der Waals surface area (Å²) in [5.74, 6) is 4.68. The highest BCUT2D eigenvalue weighted by Crippen LogP contribution is 2.38. The van der Waals surface area contributed by atoms with Crippen LogP contribution in [-0.4, -0.2) is 30.9 Å². The summed E-state index contributed by atoms with van der Waals surface area (Å²) in [7, 11) is 0. The van der Waals surface area contributed by atoms with Crippen molar-refractivity contribution in [3.8, 4) is 0 Å². The van der Waals surface area contributed by atoms with E-state index >= 15 is 0 Å². The number of aromatic nitrogens is 5. The molecular weight excluding hydrogens is 292 g/mol. The predicted molar refractivity (Wildman–Crippen MR) is 84.0 cm³/mol. The van der Waals surface area contributed by atoms with Crippen LogP contribution in [0.5, 0.6) is 0 Å². The fourth-order valence-electron chi connectivity index (χ4n) is 3.27. The molecule has 4 rings (SSSR count). The molecule has 0 radical (unpaired) electrons. The van der Waals surface area contributed by atoms with E-state index in [0.29, 0.717) is 23.8 Å². The standard InChI is InChI=1S/C16H24N6O/c1-9(2)15-20-19-13-7-6-12(8-22(13)15)17-10(3)16-18-14(21-23-16)11-4-5-11/h9-12,17H,4-8H2,1-3H3/t10-,12+/m1/s1. The molecule has 124 valence electrons. The Labute approximate surface area is 135 Å². The number of nitrogens with zero attached hydrogens (tertiary/aromatic N) is 5. The van der Waals surface area contributed by atoms with Gasteiger partial charge in [-0.2, -0.15) is 4.98 Å². The van der Waals surface area contributed by atoms with Gasteiger partial charge in [-0.05, 0) is 26.2 Å². The Morgan fingerprint density at radius 3 is 2.74 bits per heavy atom. The Bertz CT molecular complexity index is 687. The average Bonchev–Trinajstić information content (AvgIpc) is 3.11. The van der Waals surface area contributed by atoms with Gasteiger partial charge in [0.05, 0.1) is 6.04 Å². The van der Waals surface area contributed by atoms with E-state index in [4.69, 9.17) is 4.52 Å². The van der Waals surface area contributed by atoms with Gasteiger partial charge in [0.25, 0.3) is 0 Å². The first-order chi connectivity index (χ1) is 11.1. The average molecular weight is 316 g/mol. The zero-order valence-electron chi connectivity index (χ0n) is 14.0. The fraction of sp³-hybridized carbons (Fsp3) is 0.750. The maximum absolute atomic E-state index is 5.43. The van der Waals surface area contributed by atoms with Crippen LogP contribution in [0.1, 0.15) is 81.3 Å². The number of rotatable bonds is 5. The van der Waals surface area contributed by atoms with Crippen molar-refractivity contribution in [3.63, 3.8) is 0 Å². The molecule has 1 fully saturated rings. The van der Waals surface area contributed by atoms with Crippen LogP contribution in [0.2, 0.25) is 0 Å². The minimum absolute atomic E-state index is 0.0699. The molecule has 3 heterocycles. The monoisotopic (exact) mass is 316 g/mol. The summed E-state index contributed by atoms with van der Waals surface area (Å²) in [4.78, 5) is 4.55. The molecule has 7 nitrogen and oxygen atoms in total. The third kappa shape index (κ3) is 2.89. The van der Waals surface area contributed by atoms with Crippen molar-refractivity contribution in [2.75, 3.05) is 0 Å².